The monoisotopic (exact) mass is 441 g/mol. The summed E-state index contributed by atoms with van der Waals surface area (Å²) in [4.78, 5) is 20.9. The Kier molecular flexibility index (Phi) is 4.68. The minimum absolute atomic E-state index is 0.0229. The summed E-state index contributed by atoms with van der Waals surface area (Å²) in [7, 11) is 0. The first-order valence-electron chi connectivity index (χ1n) is 10.0. The number of fused-ring (bicyclic) bond motifs is 1. The first kappa shape index (κ1) is 20.2. The van der Waals surface area contributed by atoms with Crippen LogP contribution in [0.4, 0.5) is 19.1 Å². The molecule has 11 heteroatoms. The van der Waals surface area contributed by atoms with E-state index in [9.17, 15) is 18.0 Å². The Hall–Kier alpha value is -3.76. The Bertz CT molecular complexity index is 1320. The fourth-order valence-corrected chi connectivity index (χ4v) is 3.45. The SMILES string of the molecule is Cc1ccccc1Cn1cnc(NC(=O)c2cc3nc(C4CC4)cc(C(F)(F)F)n3n2)n1. The van der Waals surface area contributed by atoms with Crippen molar-refractivity contribution < 1.29 is 18.0 Å². The van der Waals surface area contributed by atoms with Crippen LogP contribution >= 0.6 is 0 Å². The zero-order valence-corrected chi connectivity index (χ0v) is 17.0. The largest absolute Gasteiger partial charge is 0.433 e. The standard InChI is InChI=1S/C21H18F3N7O/c1-12-4-2-3-5-14(12)10-30-11-25-20(29-30)27-19(32)16-9-18-26-15(13-6-7-13)8-17(21(22,23)24)31(18)28-16/h2-5,8-9,11,13H,6-7,10H2,1H3,(H,27,29,32). The van der Waals surface area contributed by atoms with Gasteiger partial charge in [-0.15, -0.1) is 5.10 Å². The molecule has 0 radical (unpaired) electrons. The van der Waals surface area contributed by atoms with Gasteiger partial charge in [-0.1, -0.05) is 24.3 Å². The lowest BCUT2D eigenvalue weighted by Gasteiger charge is -2.10. The van der Waals surface area contributed by atoms with Crippen LogP contribution < -0.4 is 5.32 Å². The van der Waals surface area contributed by atoms with E-state index in [1.807, 2.05) is 31.2 Å². The molecule has 164 valence electrons. The van der Waals surface area contributed by atoms with E-state index in [0.717, 1.165) is 30.0 Å². The van der Waals surface area contributed by atoms with E-state index in [4.69, 9.17) is 0 Å². The van der Waals surface area contributed by atoms with Gasteiger partial charge in [0, 0.05) is 17.7 Å². The molecule has 1 amide bonds. The maximum atomic E-state index is 13.5. The Labute approximate surface area is 180 Å². The summed E-state index contributed by atoms with van der Waals surface area (Å²) >= 11 is 0. The van der Waals surface area contributed by atoms with Crippen LogP contribution in [0.1, 0.15) is 51.8 Å². The van der Waals surface area contributed by atoms with Crippen LogP contribution in [0.25, 0.3) is 5.65 Å². The molecular formula is C21H18F3N7O. The highest BCUT2D eigenvalue weighted by Gasteiger charge is 2.37. The second-order valence-electron chi connectivity index (χ2n) is 7.78. The number of benzene rings is 1. The summed E-state index contributed by atoms with van der Waals surface area (Å²) < 4.78 is 42.8. The number of nitrogens with one attached hydrogen (secondary N) is 1. The van der Waals surface area contributed by atoms with Gasteiger partial charge in [-0.2, -0.15) is 18.3 Å². The van der Waals surface area contributed by atoms with E-state index in [0.29, 0.717) is 16.8 Å². The molecule has 1 saturated carbocycles. The molecule has 8 nitrogen and oxygen atoms in total. The van der Waals surface area contributed by atoms with E-state index in [-0.39, 0.29) is 23.2 Å². The molecule has 3 heterocycles. The van der Waals surface area contributed by atoms with Crippen molar-refractivity contribution in [2.45, 2.75) is 38.4 Å². The summed E-state index contributed by atoms with van der Waals surface area (Å²) in [6.07, 6.45) is -1.55. The summed E-state index contributed by atoms with van der Waals surface area (Å²) in [6.45, 7) is 2.45. The van der Waals surface area contributed by atoms with Crippen LogP contribution in [0.3, 0.4) is 0 Å². The molecule has 4 aromatic rings. The predicted molar refractivity (Wildman–Crippen MR) is 108 cm³/mol. The molecule has 1 aliphatic carbocycles. The van der Waals surface area contributed by atoms with Crippen molar-refractivity contribution in [3.05, 3.63) is 70.9 Å². The fourth-order valence-electron chi connectivity index (χ4n) is 3.45. The normalized spacial score (nSPS) is 14.1. The lowest BCUT2D eigenvalue weighted by Crippen LogP contribution is -2.16. The van der Waals surface area contributed by atoms with Gasteiger partial charge in [0.25, 0.3) is 5.91 Å². The van der Waals surface area contributed by atoms with Gasteiger partial charge in [0.05, 0.1) is 6.54 Å². The van der Waals surface area contributed by atoms with Gasteiger partial charge in [-0.05, 0) is 37.0 Å². The Morgan fingerprint density at radius 2 is 1.97 bits per heavy atom. The molecule has 1 fully saturated rings. The number of aromatic nitrogens is 6. The number of hydrogen-bond acceptors (Lipinski definition) is 5. The van der Waals surface area contributed by atoms with E-state index in [2.05, 4.69) is 25.5 Å². The molecule has 0 aliphatic heterocycles. The molecule has 1 aliphatic rings. The number of hydrogen-bond donors (Lipinski definition) is 1. The number of halogens is 3. The second kappa shape index (κ2) is 7.43. The molecule has 1 N–H and O–H groups in total. The van der Waals surface area contributed by atoms with Gasteiger partial charge in [0.1, 0.15) is 12.0 Å². The molecule has 0 bridgehead atoms. The molecule has 32 heavy (non-hydrogen) atoms. The van der Waals surface area contributed by atoms with E-state index >= 15 is 0 Å². The molecule has 5 rings (SSSR count). The molecule has 0 atom stereocenters. The van der Waals surface area contributed by atoms with Gasteiger partial charge >= 0.3 is 6.18 Å². The first-order valence-corrected chi connectivity index (χ1v) is 10.0. The Balaban J connectivity index is 1.38. The number of carbonyl (C=O) groups excluding carboxylic acids is 1. The van der Waals surface area contributed by atoms with Crippen molar-refractivity contribution in [2.24, 2.45) is 0 Å². The number of anilines is 1. The second-order valence-corrected chi connectivity index (χ2v) is 7.78. The number of carbonyl (C=O) groups is 1. The smallest absolute Gasteiger partial charge is 0.288 e. The maximum absolute atomic E-state index is 13.5. The highest BCUT2D eigenvalue weighted by Crippen LogP contribution is 2.41. The number of nitrogens with zero attached hydrogens (tertiary/aromatic N) is 6. The highest BCUT2D eigenvalue weighted by atomic mass is 19.4. The van der Waals surface area contributed by atoms with Gasteiger partial charge in [-0.25, -0.2) is 19.2 Å². The van der Waals surface area contributed by atoms with Crippen molar-refractivity contribution in [2.75, 3.05) is 5.32 Å². The van der Waals surface area contributed by atoms with Crippen LogP contribution in [0.15, 0.2) is 42.7 Å². The minimum Gasteiger partial charge on any atom is -0.288 e. The predicted octanol–water partition coefficient (Wildman–Crippen LogP) is 3.83. The molecule has 3 aromatic heterocycles. The van der Waals surface area contributed by atoms with E-state index in [1.165, 1.54) is 12.4 Å². The first-order chi connectivity index (χ1) is 15.3. The van der Waals surface area contributed by atoms with Crippen molar-refractivity contribution in [1.29, 1.82) is 0 Å². The van der Waals surface area contributed by atoms with Gasteiger partial charge in [-0.3, -0.25) is 10.1 Å². The molecule has 0 saturated heterocycles. The lowest BCUT2D eigenvalue weighted by molar-refractivity contribution is -0.142. The van der Waals surface area contributed by atoms with Crippen LogP contribution in [0.2, 0.25) is 0 Å². The summed E-state index contributed by atoms with van der Waals surface area (Å²) in [5.74, 6) is -0.664. The average molecular weight is 441 g/mol. The van der Waals surface area contributed by atoms with Crippen molar-refractivity contribution in [3.8, 4) is 0 Å². The molecular weight excluding hydrogens is 423 g/mol. The summed E-state index contributed by atoms with van der Waals surface area (Å²) in [6, 6.07) is 10.1. The van der Waals surface area contributed by atoms with Crippen LogP contribution in [0.5, 0.6) is 0 Å². The third kappa shape index (κ3) is 3.93. The average Bonchev–Trinajstić information content (AvgIpc) is 3.35. The van der Waals surface area contributed by atoms with Gasteiger partial charge in [0.2, 0.25) is 5.95 Å². The van der Waals surface area contributed by atoms with Crippen molar-refractivity contribution in [1.82, 2.24) is 29.4 Å². The number of rotatable bonds is 5. The molecule has 0 spiro atoms. The quantitative estimate of drug-likeness (QED) is 0.509. The fraction of sp³-hybridized carbons (Fsp3) is 0.286. The van der Waals surface area contributed by atoms with Gasteiger partial charge < -0.3 is 0 Å². The summed E-state index contributed by atoms with van der Waals surface area (Å²) in [5, 5.41) is 10.5. The lowest BCUT2D eigenvalue weighted by atomic mass is 10.1. The highest BCUT2D eigenvalue weighted by molar-refractivity contribution is 6.02. The topological polar surface area (TPSA) is 90.0 Å². The van der Waals surface area contributed by atoms with E-state index < -0.39 is 17.8 Å². The Morgan fingerprint density at radius 3 is 2.69 bits per heavy atom. The molecule has 1 aromatic carbocycles. The van der Waals surface area contributed by atoms with Gasteiger partial charge in [0.15, 0.2) is 11.3 Å². The minimum atomic E-state index is -4.62. The molecule has 0 unspecified atom stereocenters. The van der Waals surface area contributed by atoms with Crippen LogP contribution in [-0.2, 0) is 12.7 Å². The van der Waals surface area contributed by atoms with Crippen molar-refractivity contribution >= 4 is 17.5 Å². The number of alkyl halides is 3. The zero-order chi connectivity index (χ0) is 22.5. The zero-order valence-electron chi connectivity index (χ0n) is 17.0. The van der Waals surface area contributed by atoms with Crippen molar-refractivity contribution in [3.63, 3.8) is 0 Å². The maximum Gasteiger partial charge on any atom is 0.433 e. The third-order valence-corrected chi connectivity index (χ3v) is 5.32. The Morgan fingerprint density at radius 1 is 1.19 bits per heavy atom. The third-order valence-electron chi connectivity index (χ3n) is 5.32. The van der Waals surface area contributed by atoms with E-state index in [1.54, 1.807) is 4.68 Å². The number of amides is 1. The van der Waals surface area contributed by atoms with Crippen LogP contribution in [-0.4, -0.2) is 35.3 Å². The van der Waals surface area contributed by atoms with Crippen LogP contribution in [0, 0.1) is 6.92 Å². The number of aryl methyl sites for hydroxylation is 1. The summed E-state index contributed by atoms with van der Waals surface area (Å²) in [5.41, 5.74) is 1.33.